The highest BCUT2D eigenvalue weighted by molar-refractivity contribution is 5.76. The van der Waals surface area contributed by atoms with Crippen molar-refractivity contribution >= 4 is 6.29 Å². The van der Waals surface area contributed by atoms with E-state index in [9.17, 15) is 4.79 Å². The van der Waals surface area contributed by atoms with Gasteiger partial charge < -0.3 is 0 Å². The first kappa shape index (κ1) is 8.96. The zero-order valence-electron chi connectivity index (χ0n) is 8.08. The second-order valence-electron chi connectivity index (χ2n) is 3.94. The van der Waals surface area contributed by atoms with Gasteiger partial charge in [-0.25, -0.2) is 0 Å². The van der Waals surface area contributed by atoms with Crippen LogP contribution in [0, 0.1) is 18.3 Å². The standard InChI is InChI=1S/C12H11NO/c1-9-4-10(7-14)6-11(5-9)12(8-13)2-3-12/h4-7H,2-3H2,1H3. The van der Waals surface area contributed by atoms with Gasteiger partial charge in [-0.05, 0) is 37.5 Å². The maximum absolute atomic E-state index is 10.7. The third-order valence-electron chi connectivity index (χ3n) is 2.75. The predicted octanol–water partition coefficient (Wildman–Crippen LogP) is 2.36. The molecule has 14 heavy (non-hydrogen) atoms. The van der Waals surface area contributed by atoms with Crippen LogP contribution in [0.2, 0.25) is 0 Å². The van der Waals surface area contributed by atoms with Crippen LogP contribution in [-0.4, -0.2) is 6.29 Å². The minimum Gasteiger partial charge on any atom is -0.298 e. The van der Waals surface area contributed by atoms with Gasteiger partial charge in [0.1, 0.15) is 6.29 Å². The molecule has 0 saturated heterocycles. The van der Waals surface area contributed by atoms with Gasteiger partial charge in [-0.2, -0.15) is 5.26 Å². The van der Waals surface area contributed by atoms with Gasteiger partial charge in [-0.3, -0.25) is 4.79 Å². The Morgan fingerprint density at radius 2 is 2.14 bits per heavy atom. The molecule has 1 fully saturated rings. The SMILES string of the molecule is Cc1cc(C=O)cc(C2(C#N)CC2)c1. The Morgan fingerprint density at radius 3 is 2.64 bits per heavy atom. The average molecular weight is 185 g/mol. The summed E-state index contributed by atoms with van der Waals surface area (Å²) in [5.74, 6) is 0. The van der Waals surface area contributed by atoms with Crippen molar-refractivity contribution in [2.45, 2.75) is 25.2 Å². The van der Waals surface area contributed by atoms with Crippen molar-refractivity contribution in [2.24, 2.45) is 0 Å². The number of aldehydes is 1. The molecule has 0 spiro atoms. The fourth-order valence-corrected chi connectivity index (χ4v) is 1.75. The Morgan fingerprint density at radius 1 is 1.43 bits per heavy atom. The van der Waals surface area contributed by atoms with E-state index in [2.05, 4.69) is 6.07 Å². The summed E-state index contributed by atoms with van der Waals surface area (Å²) in [6, 6.07) is 8.00. The van der Waals surface area contributed by atoms with Crippen LogP contribution in [0.1, 0.15) is 34.3 Å². The lowest BCUT2D eigenvalue weighted by Crippen LogP contribution is -2.03. The molecular weight excluding hydrogens is 174 g/mol. The molecule has 0 N–H and O–H groups in total. The fraction of sp³-hybridized carbons (Fsp3) is 0.333. The highest BCUT2D eigenvalue weighted by Crippen LogP contribution is 2.47. The normalized spacial score (nSPS) is 17.1. The summed E-state index contributed by atoms with van der Waals surface area (Å²) in [6.45, 7) is 1.95. The number of aryl methyl sites for hydroxylation is 1. The van der Waals surface area contributed by atoms with E-state index >= 15 is 0 Å². The van der Waals surface area contributed by atoms with Crippen molar-refractivity contribution in [3.63, 3.8) is 0 Å². The summed E-state index contributed by atoms with van der Waals surface area (Å²) in [7, 11) is 0. The van der Waals surface area contributed by atoms with E-state index < -0.39 is 0 Å². The van der Waals surface area contributed by atoms with Gasteiger partial charge >= 0.3 is 0 Å². The van der Waals surface area contributed by atoms with E-state index in [1.54, 1.807) is 0 Å². The summed E-state index contributed by atoms with van der Waals surface area (Å²) in [5.41, 5.74) is 2.43. The predicted molar refractivity (Wildman–Crippen MR) is 53.1 cm³/mol. The maximum atomic E-state index is 10.7. The van der Waals surface area contributed by atoms with Gasteiger partial charge in [0.05, 0.1) is 11.5 Å². The molecule has 1 aromatic rings. The summed E-state index contributed by atoms with van der Waals surface area (Å²) >= 11 is 0. The van der Waals surface area contributed by atoms with Crippen molar-refractivity contribution < 1.29 is 4.79 Å². The van der Waals surface area contributed by atoms with Crippen molar-refractivity contribution in [3.05, 3.63) is 34.9 Å². The summed E-state index contributed by atoms with van der Waals surface area (Å²) < 4.78 is 0. The number of carbonyl (C=O) groups is 1. The van der Waals surface area contributed by atoms with Crippen LogP contribution in [0.15, 0.2) is 18.2 Å². The molecule has 0 bridgehead atoms. The average Bonchev–Trinajstić information content (AvgIpc) is 2.97. The first-order chi connectivity index (χ1) is 6.70. The molecule has 1 aliphatic rings. The number of hydrogen-bond donors (Lipinski definition) is 0. The molecular formula is C12H11NO. The number of hydrogen-bond acceptors (Lipinski definition) is 2. The molecule has 70 valence electrons. The van der Waals surface area contributed by atoms with Gasteiger partial charge in [0, 0.05) is 5.56 Å². The molecule has 2 rings (SSSR count). The van der Waals surface area contributed by atoms with Crippen LogP contribution in [0.5, 0.6) is 0 Å². The number of rotatable bonds is 2. The van der Waals surface area contributed by atoms with Crippen LogP contribution in [0.4, 0.5) is 0 Å². The molecule has 0 heterocycles. The third-order valence-corrected chi connectivity index (χ3v) is 2.75. The fourth-order valence-electron chi connectivity index (χ4n) is 1.75. The molecule has 0 atom stereocenters. The van der Waals surface area contributed by atoms with E-state index in [-0.39, 0.29) is 5.41 Å². The maximum Gasteiger partial charge on any atom is 0.150 e. The molecule has 0 radical (unpaired) electrons. The van der Waals surface area contributed by atoms with Gasteiger partial charge in [-0.15, -0.1) is 0 Å². The minimum atomic E-state index is -0.288. The van der Waals surface area contributed by atoms with Gasteiger partial charge in [0.25, 0.3) is 0 Å². The molecule has 0 amide bonds. The van der Waals surface area contributed by atoms with Crippen LogP contribution in [0.25, 0.3) is 0 Å². The smallest absolute Gasteiger partial charge is 0.150 e. The number of carbonyl (C=O) groups excluding carboxylic acids is 1. The number of nitriles is 1. The Labute approximate surface area is 83.2 Å². The molecule has 2 nitrogen and oxygen atoms in total. The first-order valence-corrected chi connectivity index (χ1v) is 4.69. The monoisotopic (exact) mass is 185 g/mol. The quantitative estimate of drug-likeness (QED) is 0.663. The molecule has 1 aromatic carbocycles. The first-order valence-electron chi connectivity index (χ1n) is 4.69. The highest BCUT2D eigenvalue weighted by Gasteiger charge is 2.44. The Hall–Kier alpha value is -1.62. The lowest BCUT2D eigenvalue weighted by molar-refractivity contribution is 0.112. The van der Waals surface area contributed by atoms with Crippen LogP contribution < -0.4 is 0 Å². The van der Waals surface area contributed by atoms with Crippen LogP contribution in [-0.2, 0) is 5.41 Å². The second kappa shape index (κ2) is 2.95. The van der Waals surface area contributed by atoms with Crippen LogP contribution in [0.3, 0.4) is 0 Å². The third kappa shape index (κ3) is 1.31. The minimum absolute atomic E-state index is 0.288. The van der Waals surface area contributed by atoms with Gasteiger partial charge in [-0.1, -0.05) is 11.6 Å². The topological polar surface area (TPSA) is 40.9 Å². The van der Waals surface area contributed by atoms with E-state index in [1.807, 2.05) is 25.1 Å². The summed E-state index contributed by atoms with van der Waals surface area (Å²) in [4.78, 5) is 10.7. The van der Waals surface area contributed by atoms with E-state index in [1.165, 1.54) is 0 Å². The summed E-state index contributed by atoms with van der Waals surface area (Å²) in [6.07, 6.45) is 2.68. The largest absolute Gasteiger partial charge is 0.298 e. The van der Waals surface area contributed by atoms with E-state index in [4.69, 9.17) is 5.26 Å². The molecule has 1 aliphatic carbocycles. The lowest BCUT2D eigenvalue weighted by Gasteiger charge is -2.07. The zero-order chi connectivity index (χ0) is 10.2. The number of nitrogens with zero attached hydrogens (tertiary/aromatic N) is 1. The zero-order valence-corrected chi connectivity index (χ0v) is 8.08. The van der Waals surface area contributed by atoms with Crippen molar-refractivity contribution in [1.29, 1.82) is 5.26 Å². The summed E-state index contributed by atoms with van der Waals surface area (Å²) in [5, 5.41) is 9.03. The van der Waals surface area contributed by atoms with E-state index in [0.717, 1.165) is 30.3 Å². The van der Waals surface area contributed by atoms with E-state index in [0.29, 0.717) is 5.56 Å². The van der Waals surface area contributed by atoms with Gasteiger partial charge in [0.2, 0.25) is 0 Å². The molecule has 1 saturated carbocycles. The van der Waals surface area contributed by atoms with Crippen molar-refractivity contribution in [1.82, 2.24) is 0 Å². The van der Waals surface area contributed by atoms with Crippen molar-refractivity contribution in [3.8, 4) is 6.07 Å². The van der Waals surface area contributed by atoms with Gasteiger partial charge in [0.15, 0.2) is 0 Å². The lowest BCUT2D eigenvalue weighted by atomic mass is 9.94. The second-order valence-corrected chi connectivity index (χ2v) is 3.94. The molecule has 0 unspecified atom stereocenters. The highest BCUT2D eigenvalue weighted by atomic mass is 16.1. The number of benzene rings is 1. The Kier molecular flexibility index (Phi) is 1.89. The Balaban J connectivity index is 2.50. The molecule has 2 heteroatoms. The van der Waals surface area contributed by atoms with Crippen molar-refractivity contribution in [2.75, 3.05) is 0 Å². The molecule has 0 aromatic heterocycles. The molecule has 0 aliphatic heterocycles. The van der Waals surface area contributed by atoms with Crippen LogP contribution >= 0.6 is 0 Å². The Bertz CT molecular complexity index is 424.